The van der Waals surface area contributed by atoms with Crippen LogP contribution in [0, 0.1) is 16.0 Å². The predicted molar refractivity (Wildman–Crippen MR) is 103 cm³/mol. The van der Waals surface area contributed by atoms with E-state index in [1.54, 1.807) is 12.0 Å². The Labute approximate surface area is 162 Å². The van der Waals surface area contributed by atoms with E-state index in [-0.39, 0.29) is 28.2 Å². The minimum atomic E-state index is -0.572. The summed E-state index contributed by atoms with van der Waals surface area (Å²) in [7, 11) is 1.60. The molecule has 142 valence electrons. The monoisotopic (exact) mass is 388 g/mol. The SMILES string of the molecule is COc1ccc(CN(C(=O)c2ccc(Cl)c([N+](=O)[O-])c2)[C@@H](C)C2CC2)cc1. The average molecular weight is 389 g/mol. The number of nitro groups is 1. The Hall–Kier alpha value is -2.60. The zero-order chi connectivity index (χ0) is 19.6. The van der Waals surface area contributed by atoms with Crippen molar-refractivity contribution in [3.8, 4) is 5.75 Å². The highest BCUT2D eigenvalue weighted by Crippen LogP contribution is 2.36. The molecule has 1 fully saturated rings. The molecule has 0 bridgehead atoms. The summed E-state index contributed by atoms with van der Waals surface area (Å²) in [6, 6.07) is 11.8. The van der Waals surface area contributed by atoms with Gasteiger partial charge in [-0.1, -0.05) is 23.7 Å². The molecule has 7 heteroatoms. The van der Waals surface area contributed by atoms with Gasteiger partial charge in [0.05, 0.1) is 12.0 Å². The molecule has 1 aliphatic carbocycles. The molecule has 0 saturated heterocycles. The Bertz CT molecular complexity index is 850. The number of nitrogens with zero attached hydrogens (tertiary/aromatic N) is 2. The highest BCUT2D eigenvalue weighted by Gasteiger charge is 2.35. The van der Waals surface area contributed by atoms with Crippen molar-refractivity contribution >= 4 is 23.2 Å². The molecule has 2 aromatic rings. The van der Waals surface area contributed by atoms with Crippen LogP contribution in [0.4, 0.5) is 5.69 Å². The van der Waals surface area contributed by atoms with Crippen LogP contribution in [0.5, 0.6) is 5.75 Å². The number of rotatable bonds is 7. The highest BCUT2D eigenvalue weighted by atomic mass is 35.5. The largest absolute Gasteiger partial charge is 0.497 e. The number of hydrogen-bond acceptors (Lipinski definition) is 4. The number of carbonyl (C=O) groups is 1. The summed E-state index contributed by atoms with van der Waals surface area (Å²) in [6.45, 7) is 2.46. The average Bonchev–Trinajstić information content (AvgIpc) is 3.51. The van der Waals surface area contributed by atoms with E-state index >= 15 is 0 Å². The lowest BCUT2D eigenvalue weighted by Gasteiger charge is -2.30. The van der Waals surface area contributed by atoms with Gasteiger partial charge in [0.1, 0.15) is 10.8 Å². The molecular formula is C20H21ClN2O4. The molecule has 0 aromatic heterocycles. The normalized spacial score (nSPS) is 14.5. The first kappa shape index (κ1) is 19.2. The Kier molecular flexibility index (Phi) is 5.65. The van der Waals surface area contributed by atoms with Gasteiger partial charge in [0.25, 0.3) is 11.6 Å². The second-order valence-corrected chi connectivity index (χ2v) is 7.19. The minimum absolute atomic E-state index is 0.0218. The number of methoxy groups -OCH3 is 1. The third kappa shape index (κ3) is 4.39. The molecule has 1 saturated carbocycles. The van der Waals surface area contributed by atoms with Crippen LogP contribution in [0.2, 0.25) is 5.02 Å². The fourth-order valence-electron chi connectivity index (χ4n) is 3.11. The van der Waals surface area contributed by atoms with Crippen LogP contribution >= 0.6 is 11.6 Å². The fraction of sp³-hybridized carbons (Fsp3) is 0.350. The lowest BCUT2D eigenvalue weighted by atomic mass is 10.1. The van der Waals surface area contributed by atoms with Crippen molar-refractivity contribution in [2.75, 3.05) is 7.11 Å². The maximum absolute atomic E-state index is 13.2. The van der Waals surface area contributed by atoms with Crippen LogP contribution < -0.4 is 4.74 Å². The van der Waals surface area contributed by atoms with Crippen molar-refractivity contribution < 1.29 is 14.5 Å². The van der Waals surface area contributed by atoms with E-state index in [0.29, 0.717) is 12.5 Å². The first-order chi connectivity index (χ1) is 12.9. The predicted octanol–water partition coefficient (Wildman–Crippen LogP) is 4.70. The number of nitro benzene ring substituents is 1. The van der Waals surface area contributed by atoms with Crippen molar-refractivity contribution in [1.29, 1.82) is 0 Å². The molecule has 0 unspecified atom stereocenters. The maximum Gasteiger partial charge on any atom is 0.288 e. The van der Waals surface area contributed by atoms with Crippen LogP contribution in [-0.4, -0.2) is 28.9 Å². The van der Waals surface area contributed by atoms with Crippen molar-refractivity contribution in [2.45, 2.75) is 32.4 Å². The molecule has 0 aliphatic heterocycles. The van der Waals surface area contributed by atoms with Gasteiger partial charge in [0.2, 0.25) is 0 Å². The quantitative estimate of drug-likeness (QED) is 0.509. The standard InChI is InChI=1S/C20H21ClN2O4/c1-13(15-5-6-15)22(12-14-3-8-17(27-2)9-4-14)20(24)16-7-10-18(21)19(11-16)23(25)26/h3-4,7-11,13,15H,5-6,12H2,1-2H3/t13-/m0/s1. The molecular weight excluding hydrogens is 368 g/mol. The van der Waals surface area contributed by atoms with Gasteiger partial charge in [-0.3, -0.25) is 14.9 Å². The van der Waals surface area contributed by atoms with E-state index in [9.17, 15) is 14.9 Å². The first-order valence-electron chi connectivity index (χ1n) is 8.78. The molecule has 0 spiro atoms. The Morgan fingerprint density at radius 1 is 1.30 bits per heavy atom. The molecule has 1 aliphatic rings. The number of benzene rings is 2. The van der Waals surface area contributed by atoms with Crippen molar-refractivity contribution in [1.82, 2.24) is 4.90 Å². The number of amides is 1. The van der Waals surface area contributed by atoms with E-state index in [2.05, 4.69) is 0 Å². The number of hydrogen-bond donors (Lipinski definition) is 0. The van der Waals surface area contributed by atoms with E-state index in [0.717, 1.165) is 24.2 Å². The summed E-state index contributed by atoms with van der Waals surface area (Å²) in [4.78, 5) is 25.5. The summed E-state index contributed by atoms with van der Waals surface area (Å²) in [5.41, 5.74) is 0.984. The highest BCUT2D eigenvalue weighted by molar-refractivity contribution is 6.32. The smallest absolute Gasteiger partial charge is 0.288 e. The molecule has 0 N–H and O–H groups in total. The van der Waals surface area contributed by atoms with Gasteiger partial charge in [-0.2, -0.15) is 0 Å². The van der Waals surface area contributed by atoms with Crippen LogP contribution in [0.15, 0.2) is 42.5 Å². The summed E-state index contributed by atoms with van der Waals surface area (Å²) >= 11 is 5.88. The lowest BCUT2D eigenvalue weighted by molar-refractivity contribution is -0.384. The summed E-state index contributed by atoms with van der Waals surface area (Å²) < 4.78 is 5.18. The molecule has 27 heavy (non-hydrogen) atoms. The van der Waals surface area contributed by atoms with Crippen LogP contribution in [0.3, 0.4) is 0 Å². The number of halogens is 1. The van der Waals surface area contributed by atoms with Crippen molar-refractivity contribution in [3.63, 3.8) is 0 Å². The van der Waals surface area contributed by atoms with Gasteiger partial charge >= 0.3 is 0 Å². The third-order valence-corrected chi connectivity index (χ3v) is 5.28. The lowest BCUT2D eigenvalue weighted by Crippen LogP contribution is -2.39. The molecule has 2 aromatic carbocycles. The minimum Gasteiger partial charge on any atom is -0.497 e. The molecule has 1 amide bonds. The van der Waals surface area contributed by atoms with E-state index < -0.39 is 4.92 Å². The third-order valence-electron chi connectivity index (χ3n) is 4.96. The van der Waals surface area contributed by atoms with E-state index in [1.165, 1.54) is 18.2 Å². The van der Waals surface area contributed by atoms with Gasteiger partial charge in [-0.25, -0.2) is 0 Å². The molecule has 0 heterocycles. The van der Waals surface area contributed by atoms with E-state index in [1.807, 2.05) is 31.2 Å². The Morgan fingerprint density at radius 2 is 1.96 bits per heavy atom. The van der Waals surface area contributed by atoms with Crippen LogP contribution in [0.25, 0.3) is 0 Å². The summed E-state index contributed by atoms with van der Waals surface area (Å²) in [6.07, 6.45) is 2.18. The summed E-state index contributed by atoms with van der Waals surface area (Å²) in [5.74, 6) is 0.986. The van der Waals surface area contributed by atoms with Crippen LogP contribution in [-0.2, 0) is 6.54 Å². The second kappa shape index (κ2) is 7.96. The Morgan fingerprint density at radius 3 is 2.52 bits per heavy atom. The maximum atomic E-state index is 13.2. The second-order valence-electron chi connectivity index (χ2n) is 6.78. The first-order valence-corrected chi connectivity index (χ1v) is 9.16. The fourth-order valence-corrected chi connectivity index (χ4v) is 3.30. The van der Waals surface area contributed by atoms with Crippen molar-refractivity contribution in [3.05, 3.63) is 68.7 Å². The van der Waals surface area contributed by atoms with Gasteiger partial charge in [-0.15, -0.1) is 0 Å². The van der Waals surface area contributed by atoms with Gasteiger partial charge in [-0.05, 0) is 55.5 Å². The van der Waals surface area contributed by atoms with Crippen molar-refractivity contribution in [2.24, 2.45) is 5.92 Å². The number of carbonyl (C=O) groups excluding carboxylic acids is 1. The zero-order valence-corrected chi connectivity index (χ0v) is 16.0. The number of ether oxygens (including phenoxy) is 1. The molecule has 0 radical (unpaired) electrons. The molecule has 1 atom stereocenters. The van der Waals surface area contributed by atoms with E-state index in [4.69, 9.17) is 16.3 Å². The van der Waals surface area contributed by atoms with Gasteiger partial charge < -0.3 is 9.64 Å². The zero-order valence-electron chi connectivity index (χ0n) is 15.2. The van der Waals surface area contributed by atoms with Gasteiger partial charge in [0, 0.05) is 24.2 Å². The molecule has 6 nitrogen and oxygen atoms in total. The molecule has 3 rings (SSSR count). The topological polar surface area (TPSA) is 72.7 Å². The van der Waals surface area contributed by atoms with Gasteiger partial charge in [0.15, 0.2) is 0 Å². The Balaban J connectivity index is 1.89. The van der Waals surface area contributed by atoms with Crippen LogP contribution in [0.1, 0.15) is 35.7 Å². The summed E-state index contributed by atoms with van der Waals surface area (Å²) in [5, 5.41) is 11.2.